The Labute approximate surface area is 169 Å². The highest BCUT2D eigenvalue weighted by Crippen LogP contribution is 2.30. The van der Waals surface area contributed by atoms with Crippen molar-refractivity contribution in [1.82, 2.24) is 0 Å². The van der Waals surface area contributed by atoms with Gasteiger partial charge in [-0.3, -0.25) is 14.9 Å². The van der Waals surface area contributed by atoms with Gasteiger partial charge >= 0.3 is 0 Å². The lowest BCUT2D eigenvalue weighted by Crippen LogP contribution is -2.14. The third-order valence-electron chi connectivity index (χ3n) is 3.58. The molecule has 28 heavy (non-hydrogen) atoms. The number of hydrogen-bond acceptors (Lipinski definition) is 6. The van der Waals surface area contributed by atoms with Crippen molar-refractivity contribution in [2.24, 2.45) is 0 Å². The fourth-order valence-electron chi connectivity index (χ4n) is 2.32. The maximum atomic E-state index is 12.6. The summed E-state index contributed by atoms with van der Waals surface area (Å²) < 4.78 is 11.4. The van der Waals surface area contributed by atoms with Crippen LogP contribution in [0.25, 0.3) is 6.08 Å². The van der Waals surface area contributed by atoms with Crippen LogP contribution in [0.3, 0.4) is 0 Å². The van der Waals surface area contributed by atoms with E-state index in [-0.39, 0.29) is 22.7 Å². The van der Waals surface area contributed by atoms with E-state index in [2.05, 4.69) is 21.2 Å². The summed E-state index contributed by atoms with van der Waals surface area (Å²) in [6, 6.07) is 10.8. The topological polar surface area (TPSA) is 114 Å². The summed E-state index contributed by atoms with van der Waals surface area (Å²) >= 11 is 3.34. The largest absolute Gasteiger partial charge is 0.495 e. The normalized spacial score (nSPS) is 10.7. The molecule has 0 atom stereocenters. The number of hydrogen-bond donors (Lipinski definition) is 1. The van der Waals surface area contributed by atoms with E-state index < -0.39 is 10.8 Å². The number of benzene rings is 2. The Kier molecular flexibility index (Phi) is 7.12. The molecule has 0 bridgehead atoms. The molecule has 0 radical (unpaired) electrons. The third-order valence-corrected chi connectivity index (χ3v) is 4.07. The van der Waals surface area contributed by atoms with Crippen LogP contribution in [0.2, 0.25) is 0 Å². The average molecular weight is 446 g/mol. The lowest BCUT2D eigenvalue weighted by atomic mass is 10.1. The van der Waals surface area contributed by atoms with Gasteiger partial charge in [-0.15, -0.1) is 0 Å². The van der Waals surface area contributed by atoms with Crippen molar-refractivity contribution in [3.63, 3.8) is 0 Å². The monoisotopic (exact) mass is 445 g/mol. The van der Waals surface area contributed by atoms with Crippen LogP contribution in [0.4, 0.5) is 11.4 Å². The molecule has 8 nitrogen and oxygen atoms in total. The summed E-state index contributed by atoms with van der Waals surface area (Å²) in [7, 11) is 1.37. The Morgan fingerprint density at radius 3 is 2.64 bits per heavy atom. The summed E-state index contributed by atoms with van der Waals surface area (Å²) in [5.74, 6) is 0.0107. The van der Waals surface area contributed by atoms with Crippen molar-refractivity contribution in [2.75, 3.05) is 19.0 Å². The van der Waals surface area contributed by atoms with Gasteiger partial charge in [0.1, 0.15) is 23.1 Å². The van der Waals surface area contributed by atoms with E-state index in [0.717, 1.165) is 10.5 Å². The first kappa shape index (κ1) is 20.9. The average Bonchev–Trinajstić information content (AvgIpc) is 2.67. The predicted octanol–water partition coefficient (Wildman–Crippen LogP) is 4.31. The number of carbonyl (C=O) groups is 1. The van der Waals surface area contributed by atoms with Crippen molar-refractivity contribution in [2.45, 2.75) is 6.92 Å². The molecule has 0 heterocycles. The summed E-state index contributed by atoms with van der Waals surface area (Å²) in [4.78, 5) is 23.0. The van der Waals surface area contributed by atoms with Gasteiger partial charge in [0, 0.05) is 22.2 Å². The molecule has 1 N–H and O–H groups in total. The van der Waals surface area contributed by atoms with Crippen LogP contribution in [0, 0.1) is 21.4 Å². The van der Waals surface area contributed by atoms with Crippen molar-refractivity contribution >= 4 is 39.3 Å². The van der Waals surface area contributed by atoms with Crippen LogP contribution in [0.1, 0.15) is 12.5 Å². The van der Waals surface area contributed by atoms with Crippen LogP contribution < -0.4 is 14.8 Å². The summed E-state index contributed by atoms with van der Waals surface area (Å²) in [6.45, 7) is 2.24. The summed E-state index contributed by atoms with van der Waals surface area (Å²) in [5, 5.41) is 22.9. The number of nitro benzene ring substituents is 1. The van der Waals surface area contributed by atoms with Gasteiger partial charge in [0.15, 0.2) is 0 Å². The number of non-ortho nitro benzene ring substituents is 1. The minimum atomic E-state index is -0.733. The van der Waals surface area contributed by atoms with Gasteiger partial charge in [-0.2, -0.15) is 5.26 Å². The standard InChI is InChI=1S/C19H16BrN3O5/c1-3-28-17-6-4-14(20)9-12(17)8-13(11-21)19(24)22-16-10-15(23(25)26)5-7-18(16)27-2/h4-10H,3H2,1-2H3,(H,22,24)/b13-8+. The number of nitriles is 1. The summed E-state index contributed by atoms with van der Waals surface area (Å²) in [5.41, 5.74) is 0.202. The Morgan fingerprint density at radius 2 is 2.04 bits per heavy atom. The van der Waals surface area contributed by atoms with E-state index in [1.807, 2.05) is 13.0 Å². The number of methoxy groups -OCH3 is 1. The van der Waals surface area contributed by atoms with Crippen LogP contribution in [0.5, 0.6) is 11.5 Å². The van der Waals surface area contributed by atoms with E-state index >= 15 is 0 Å². The highest BCUT2D eigenvalue weighted by atomic mass is 79.9. The van der Waals surface area contributed by atoms with Gasteiger partial charge in [0.25, 0.3) is 11.6 Å². The van der Waals surface area contributed by atoms with E-state index in [1.54, 1.807) is 18.2 Å². The SMILES string of the molecule is CCOc1ccc(Br)cc1/C=C(\C#N)C(=O)Nc1cc([N+](=O)[O-])ccc1OC. The van der Waals surface area contributed by atoms with E-state index in [4.69, 9.17) is 9.47 Å². The number of amides is 1. The predicted molar refractivity (Wildman–Crippen MR) is 107 cm³/mol. The van der Waals surface area contributed by atoms with Gasteiger partial charge in [-0.05, 0) is 37.3 Å². The molecule has 0 saturated heterocycles. The van der Waals surface area contributed by atoms with Crippen molar-refractivity contribution in [3.8, 4) is 17.6 Å². The lowest BCUT2D eigenvalue weighted by Gasteiger charge is -2.10. The Balaban J connectivity index is 2.39. The fourth-order valence-corrected chi connectivity index (χ4v) is 2.70. The van der Waals surface area contributed by atoms with Crippen molar-refractivity contribution in [1.29, 1.82) is 5.26 Å². The smallest absolute Gasteiger partial charge is 0.271 e. The molecule has 2 aromatic carbocycles. The Bertz CT molecular complexity index is 982. The van der Waals surface area contributed by atoms with E-state index in [9.17, 15) is 20.2 Å². The van der Waals surface area contributed by atoms with Gasteiger partial charge < -0.3 is 14.8 Å². The van der Waals surface area contributed by atoms with Crippen molar-refractivity contribution < 1.29 is 19.2 Å². The molecule has 0 fully saturated rings. The molecule has 0 spiro atoms. The minimum Gasteiger partial charge on any atom is -0.495 e. The molecule has 0 aliphatic heterocycles. The van der Waals surface area contributed by atoms with Crippen LogP contribution in [-0.2, 0) is 4.79 Å². The van der Waals surface area contributed by atoms with Gasteiger partial charge in [0.05, 0.1) is 24.3 Å². The Hall–Kier alpha value is -3.38. The first-order valence-corrected chi connectivity index (χ1v) is 8.86. The zero-order chi connectivity index (χ0) is 20.7. The van der Waals surface area contributed by atoms with Gasteiger partial charge in [-0.25, -0.2) is 0 Å². The fraction of sp³-hybridized carbons (Fsp3) is 0.158. The van der Waals surface area contributed by atoms with E-state index in [0.29, 0.717) is 17.9 Å². The number of nitrogens with one attached hydrogen (secondary N) is 1. The van der Waals surface area contributed by atoms with Gasteiger partial charge in [0.2, 0.25) is 0 Å². The molecule has 0 unspecified atom stereocenters. The highest BCUT2D eigenvalue weighted by Gasteiger charge is 2.17. The maximum absolute atomic E-state index is 12.6. The first-order chi connectivity index (χ1) is 13.4. The van der Waals surface area contributed by atoms with Crippen molar-refractivity contribution in [3.05, 3.63) is 62.1 Å². The van der Waals surface area contributed by atoms with Crippen LogP contribution >= 0.6 is 15.9 Å². The van der Waals surface area contributed by atoms with E-state index in [1.165, 1.54) is 25.3 Å². The molecule has 2 aromatic rings. The second-order valence-electron chi connectivity index (χ2n) is 5.38. The molecule has 0 aliphatic rings. The maximum Gasteiger partial charge on any atom is 0.271 e. The molecular weight excluding hydrogens is 430 g/mol. The zero-order valence-corrected chi connectivity index (χ0v) is 16.6. The van der Waals surface area contributed by atoms with Crippen LogP contribution in [0.15, 0.2) is 46.4 Å². The highest BCUT2D eigenvalue weighted by molar-refractivity contribution is 9.10. The molecule has 0 aromatic heterocycles. The molecule has 9 heteroatoms. The number of halogens is 1. The number of nitro groups is 1. The van der Waals surface area contributed by atoms with Gasteiger partial charge in [-0.1, -0.05) is 15.9 Å². The number of nitrogens with zero attached hydrogens (tertiary/aromatic N) is 2. The number of carbonyl (C=O) groups excluding carboxylic acids is 1. The molecule has 0 saturated carbocycles. The number of rotatable bonds is 7. The molecule has 2 rings (SSSR count). The number of ether oxygens (including phenoxy) is 2. The molecule has 144 valence electrons. The zero-order valence-electron chi connectivity index (χ0n) is 15.1. The first-order valence-electron chi connectivity index (χ1n) is 8.07. The minimum absolute atomic E-state index is 0.0853. The third kappa shape index (κ3) is 5.08. The molecular formula is C19H16BrN3O5. The second kappa shape index (κ2) is 9.53. The molecule has 0 aliphatic carbocycles. The molecule has 1 amide bonds. The summed E-state index contributed by atoms with van der Waals surface area (Å²) in [6.07, 6.45) is 1.38. The lowest BCUT2D eigenvalue weighted by molar-refractivity contribution is -0.384. The second-order valence-corrected chi connectivity index (χ2v) is 6.30. The van der Waals surface area contributed by atoms with Crippen LogP contribution in [-0.4, -0.2) is 24.5 Å². The quantitative estimate of drug-likeness (QED) is 0.293. The Morgan fingerprint density at radius 1 is 1.32 bits per heavy atom. The number of anilines is 1.